The topological polar surface area (TPSA) is 57.0 Å². The van der Waals surface area contributed by atoms with Gasteiger partial charge in [0.05, 0.1) is 18.4 Å². The summed E-state index contributed by atoms with van der Waals surface area (Å²) in [6.45, 7) is 3.61. The van der Waals surface area contributed by atoms with E-state index in [0.717, 1.165) is 17.0 Å². The van der Waals surface area contributed by atoms with Gasteiger partial charge in [0.15, 0.2) is 11.0 Å². The molecule has 0 amide bonds. The Bertz CT molecular complexity index is 888. The van der Waals surface area contributed by atoms with E-state index in [0.29, 0.717) is 16.7 Å². The molecule has 0 N–H and O–H groups in total. The summed E-state index contributed by atoms with van der Waals surface area (Å²) in [5, 5.41) is 9.36. The first-order chi connectivity index (χ1) is 12.1. The molecule has 0 saturated heterocycles. The molecule has 1 heterocycles. The van der Waals surface area contributed by atoms with Gasteiger partial charge < -0.3 is 4.74 Å². The van der Waals surface area contributed by atoms with E-state index >= 15 is 0 Å². The number of benzene rings is 2. The fourth-order valence-electron chi connectivity index (χ4n) is 2.46. The Hall–Kier alpha value is -2.60. The molecule has 0 spiro atoms. The van der Waals surface area contributed by atoms with Crippen LogP contribution in [0.3, 0.4) is 0 Å². The lowest BCUT2D eigenvalue weighted by Crippen LogP contribution is -2.02. The smallest absolute Gasteiger partial charge is 0.196 e. The summed E-state index contributed by atoms with van der Waals surface area (Å²) in [6.07, 6.45) is 0. The van der Waals surface area contributed by atoms with Crippen LogP contribution in [-0.4, -0.2) is 33.4 Å². The standard InChI is InChI=1S/C19H19N3O2S/c1-13-8-10-15(11-9-13)22-18(16-6-4-5-7-17(16)24-3)20-21-19(22)25-12-14(2)23/h4-11H,12H2,1-3H3. The predicted molar refractivity (Wildman–Crippen MR) is 99.5 cm³/mol. The Balaban J connectivity index is 2.15. The van der Waals surface area contributed by atoms with Crippen LogP contribution >= 0.6 is 11.8 Å². The molecule has 0 unspecified atom stereocenters. The lowest BCUT2D eigenvalue weighted by atomic mass is 10.1. The van der Waals surface area contributed by atoms with Crippen molar-refractivity contribution in [2.75, 3.05) is 12.9 Å². The number of aromatic nitrogens is 3. The molecule has 6 heteroatoms. The second kappa shape index (κ2) is 7.53. The molecular weight excluding hydrogens is 334 g/mol. The zero-order valence-electron chi connectivity index (χ0n) is 14.4. The minimum absolute atomic E-state index is 0.0993. The molecule has 25 heavy (non-hydrogen) atoms. The molecule has 0 aliphatic heterocycles. The number of para-hydroxylation sites is 1. The normalized spacial score (nSPS) is 10.7. The highest BCUT2D eigenvalue weighted by Crippen LogP contribution is 2.33. The molecule has 0 fully saturated rings. The van der Waals surface area contributed by atoms with Crippen LogP contribution in [0.5, 0.6) is 5.75 Å². The minimum atomic E-state index is 0.0993. The lowest BCUT2D eigenvalue weighted by Gasteiger charge is -2.12. The number of hydrogen-bond acceptors (Lipinski definition) is 5. The average molecular weight is 353 g/mol. The van der Waals surface area contributed by atoms with Crippen LogP contribution in [-0.2, 0) is 4.79 Å². The Morgan fingerprint density at radius 3 is 2.52 bits per heavy atom. The van der Waals surface area contributed by atoms with Crippen molar-refractivity contribution in [3.8, 4) is 22.8 Å². The number of rotatable bonds is 6. The summed E-state index contributed by atoms with van der Waals surface area (Å²) in [5.74, 6) is 1.87. The van der Waals surface area contributed by atoms with E-state index < -0.39 is 0 Å². The van der Waals surface area contributed by atoms with Crippen LogP contribution in [0.15, 0.2) is 53.7 Å². The molecule has 0 aliphatic carbocycles. The number of Topliss-reactive ketones (excluding diaryl/α,β-unsaturated/α-hetero) is 1. The highest BCUT2D eigenvalue weighted by molar-refractivity contribution is 7.99. The van der Waals surface area contributed by atoms with Gasteiger partial charge >= 0.3 is 0 Å². The number of methoxy groups -OCH3 is 1. The Morgan fingerprint density at radius 1 is 1.12 bits per heavy atom. The van der Waals surface area contributed by atoms with Crippen molar-refractivity contribution in [1.29, 1.82) is 0 Å². The molecule has 0 bridgehead atoms. The van der Waals surface area contributed by atoms with E-state index in [1.54, 1.807) is 14.0 Å². The largest absolute Gasteiger partial charge is 0.496 e. The van der Waals surface area contributed by atoms with Gasteiger partial charge in [0, 0.05) is 5.69 Å². The SMILES string of the molecule is COc1ccccc1-c1nnc(SCC(C)=O)n1-c1ccc(C)cc1. The van der Waals surface area contributed by atoms with E-state index in [1.807, 2.05) is 60.0 Å². The summed E-state index contributed by atoms with van der Waals surface area (Å²) in [6, 6.07) is 15.8. The van der Waals surface area contributed by atoms with Gasteiger partial charge in [0.1, 0.15) is 11.5 Å². The third-order valence-corrected chi connectivity index (χ3v) is 4.75. The first-order valence-electron chi connectivity index (χ1n) is 7.88. The van der Waals surface area contributed by atoms with Crippen LogP contribution in [0, 0.1) is 6.92 Å². The number of hydrogen-bond donors (Lipinski definition) is 0. The highest BCUT2D eigenvalue weighted by Gasteiger charge is 2.19. The van der Waals surface area contributed by atoms with Crippen molar-refractivity contribution in [3.63, 3.8) is 0 Å². The van der Waals surface area contributed by atoms with Crippen LogP contribution in [0.25, 0.3) is 17.1 Å². The number of aryl methyl sites for hydroxylation is 1. The first kappa shape index (κ1) is 17.2. The Kier molecular flexibility index (Phi) is 5.19. The zero-order chi connectivity index (χ0) is 17.8. The quantitative estimate of drug-likeness (QED) is 0.629. The molecule has 0 atom stereocenters. The second-order valence-corrected chi connectivity index (χ2v) is 6.61. The lowest BCUT2D eigenvalue weighted by molar-refractivity contribution is -0.114. The molecule has 3 aromatic rings. The van der Waals surface area contributed by atoms with Gasteiger partial charge in [-0.15, -0.1) is 10.2 Å². The van der Waals surface area contributed by atoms with E-state index in [9.17, 15) is 4.79 Å². The first-order valence-corrected chi connectivity index (χ1v) is 8.87. The molecule has 3 rings (SSSR count). The van der Waals surface area contributed by atoms with Gasteiger partial charge in [-0.25, -0.2) is 0 Å². The van der Waals surface area contributed by atoms with E-state index in [1.165, 1.54) is 17.3 Å². The van der Waals surface area contributed by atoms with E-state index in [4.69, 9.17) is 4.74 Å². The molecule has 128 valence electrons. The average Bonchev–Trinajstić information content (AvgIpc) is 3.04. The predicted octanol–water partition coefficient (Wildman–Crippen LogP) is 3.93. The highest BCUT2D eigenvalue weighted by atomic mass is 32.2. The molecular formula is C19H19N3O2S. The fraction of sp³-hybridized carbons (Fsp3) is 0.211. The van der Waals surface area contributed by atoms with Crippen molar-refractivity contribution >= 4 is 17.5 Å². The van der Waals surface area contributed by atoms with Crippen LogP contribution in [0.1, 0.15) is 12.5 Å². The summed E-state index contributed by atoms with van der Waals surface area (Å²) in [4.78, 5) is 11.4. The van der Waals surface area contributed by atoms with Crippen molar-refractivity contribution in [2.45, 2.75) is 19.0 Å². The van der Waals surface area contributed by atoms with Gasteiger partial charge in [-0.2, -0.15) is 0 Å². The molecule has 2 aromatic carbocycles. The maximum atomic E-state index is 11.4. The summed E-state index contributed by atoms with van der Waals surface area (Å²) in [5.41, 5.74) is 2.98. The van der Waals surface area contributed by atoms with Gasteiger partial charge in [-0.3, -0.25) is 9.36 Å². The van der Waals surface area contributed by atoms with E-state index in [2.05, 4.69) is 10.2 Å². The van der Waals surface area contributed by atoms with Gasteiger partial charge in [0.25, 0.3) is 0 Å². The number of ether oxygens (including phenoxy) is 1. The maximum absolute atomic E-state index is 11.4. The van der Waals surface area contributed by atoms with Gasteiger partial charge in [-0.1, -0.05) is 41.6 Å². The maximum Gasteiger partial charge on any atom is 0.196 e. The van der Waals surface area contributed by atoms with Gasteiger partial charge in [0.2, 0.25) is 0 Å². The van der Waals surface area contributed by atoms with Crippen molar-refractivity contribution in [2.24, 2.45) is 0 Å². The molecule has 0 radical (unpaired) electrons. The minimum Gasteiger partial charge on any atom is -0.496 e. The van der Waals surface area contributed by atoms with Crippen LogP contribution in [0.4, 0.5) is 0 Å². The third-order valence-electron chi connectivity index (χ3n) is 3.68. The number of thioether (sulfide) groups is 1. The third kappa shape index (κ3) is 3.74. The monoisotopic (exact) mass is 353 g/mol. The van der Waals surface area contributed by atoms with Crippen LogP contribution in [0.2, 0.25) is 0 Å². The number of carbonyl (C=O) groups is 1. The zero-order valence-corrected chi connectivity index (χ0v) is 15.2. The summed E-state index contributed by atoms with van der Waals surface area (Å²) < 4.78 is 7.44. The van der Waals surface area contributed by atoms with Gasteiger partial charge in [-0.05, 0) is 38.1 Å². The molecule has 0 aliphatic rings. The summed E-state index contributed by atoms with van der Waals surface area (Å²) >= 11 is 1.38. The number of ketones is 1. The number of nitrogens with zero attached hydrogens (tertiary/aromatic N) is 3. The molecule has 0 saturated carbocycles. The van der Waals surface area contributed by atoms with Crippen molar-refractivity contribution < 1.29 is 9.53 Å². The fourth-order valence-corrected chi connectivity index (χ4v) is 3.21. The van der Waals surface area contributed by atoms with E-state index in [-0.39, 0.29) is 5.78 Å². The van der Waals surface area contributed by atoms with Crippen molar-refractivity contribution in [3.05, 3.63) is 54.1 Å². The van der Waals surface area contributed by atoms with Crippen molar-refractivity contribution in [1.82, 2.24) is 14.8 Å². The van der Waals surface area contributed by atoms with Crippen LogP contribution < -0.4 is 4.74 Å². The second-order valence-electron chi connectivity index (χ2n) is 5.67. The summed E-state index contributed by atoms with van der Waals surface area (Å²) in [7, 11) is 1.64. The number of carbonyl (C=O) groups excluding carboxylic acids is 1. The molecule has 1 aromatic heterocycles. The molecule has 5 nitrogen and oxygen atoms in total. The Morgan fingerprint density at radius 2 is 1.84 bits per heavy atom. The Labute approximate surface area is 151 Å².